The van der Waals surface area contributed by atoms with Crippen molar-refractivity contribution in [3.8, 4) is 0 Å². The molecule has 1 saturated heterocycles. The van der Waals surface area contributed by atoms with Crippen LogP contribution in [0, 0.1) is 6.92 Å². The summed E-state index contributed by atoms with van der Waals surface area (Å²) in [5, 5.41) is 13.8. The third kappa shape index (κ3) is 3.79. The lowest BCUT2D eigenvalue weighted by atomic mass is 10.1. The number of nitrogens with zero attached hydrogens (tertiary/aromatic N) is 2. The number of hydrogen-bond donors (Lipinski definition) is 2. The fourth-order valence-electron chi connectivity index (χ4n) is 3.24. The number of carboxylic acid groups (broad SMARTS) is 1. The Morgan fingerprint density at radius 3 is 2.72 bits per heavy atom. The second-order valence-corrected chi connectivity index (χ2v) is 7.87. The Bertz CT molecular complexity index is 1210. The molecule has 8 heteroatoms. The van der Waals surface area contributed by atoms with E-state index in [4.69, 9.17) is 11.6 Å². The van der Waals surface area contributed by atoms with E-state index in [1.807, 2.05) is 43.3 Å². The third-order valence-electron chi connectivity index (χ3n) is 4.57. The maximum Gasteiger partial charge on any atom is 0.323 e. The lowest BCUT2D eigenvalue weighted by molar-refractivity contribution is -0.137. The molecule has 1 aliphatic heterocycles. The Balaban J connectivity index is 1.74. The Morgan fingerprint density at radius 2 is 1.97 bits per heavy atom. The largest absolute Gasteiger partial charge is 0.480 e. The standard InChI is InChI=1S/C21H16ClN3O3S/c1-12-14(13-6-2-5-9-17(13)25(12)11-19(26)27)10-18-20(28)24-21(29-18)23-16-8-4-3-7-15(16)22/h2-10H,11H2,1H3,(H,26,27)(H,23,24,28)/b18-10-. The third-order valence-corrected chi connectivity index (χ3v) is 5.80. The van der Waals surface area contributed by atoms with Gasteiger partial charge in [0.25, 0.3) is 5.91 Å². The number of fused-ring (bicyclic) bond motifs is 1. The minimum absolute atomic E-state index is 0.145. The molecule has 0 atom stereocenters. The van der Waals surface area contributed by atoms with Gasteiger partial charge in [-0.2, -0.15) is 0 Å². The summed E-state index contributed by atoms with van der Waals surface area (Å²) in [5.41, 5.74) is 2.99. The predicted molar refractivity (Wildman–Crippen MR) is 117 cm³/mol. The van der Waals surface area contributed by atoms with Crippen LogP contribution in [0.25, 0.3) is 17.0 Å². The molecule has 2 aromatic carbocycles. The molecule has 0 bridgehead atoms. The molecule has 2 heterocycles. The van der Waals surface area contributed by atoms with Crippen LogP contribution in [0.3, 0.4) is 0 Å². The SMILES string of the molecule is Cc1c(/C=C2\SC(=Nc3ccccc3Cl)NC2=O)c2ccccc2n1CC(=O)O. The summed E-state index contributed by atoms with van der Waals surface area (Å²) in [6, 6.07) is 14.7. The average Bonchev–Trinajstić information content (AvgIpc) is 3.16. The van der Waals surface area contributed by atoms with Gasteiger partial charge in [-0.25, -0.2) is 4.99 Å². The van der Waals surface area contributed by atoms with E-state index < -0.39 is 5.97 Å². The van der Waals surface area contributed by atoms with E-state index in [0.29, 0.717) is 20.8 Å². The highest BCUT2D eigenvalue weighted by Gasteiger charge is 2.25. The molecule has 2 N–H and O–H groups in total. The monoisotopic (exact) mass is 425 g/mol. The molecule has 1 fully saturated rings. The molecule has 0 aliphatic carbocycles. The number of amides is 1. The lowest BCUT2D eigenvalue weighted by Crippen LogP contribution is -2.19. The highest BCUT2D eigenvalue weighted by atomic mass is 35.5. The summed E-state index contributed by atoms with van der Waals surface area (Å²) >= 11 is 7.37. The van der Waals surface area contributed by atoms with Gasteiger partial charge in [-0.1, -0.05) is 41.9 Å². The van der Waals surface area contributed by atoms with E-state index in [-0.39, 0.29) is 12.5 Å². The second kappa shape index (κ2) is 7.77. The smallest absolute Gasteiger partial charge is 0.323 e. The number of halogens is 1. The number of carbonyl (C=O) groups is 2. The Morgan fingerprint density at radius 1 is 1.24 bits per heavy atom. The van der Waals surface area contributed by atoms with Crippen LogP contribution in [0.5, 0.6) is 0 Å². The maximum absolute atomic E-state index is 12.5. The first kappa shape index (κ1) is 19.3. The maximum atomic E-state index is 12.5. The van der Waals surface area contributed by atoms with Gasteiger partial charge >= 0.3 is 5.97 Å². The fraction of sp³-hybridized carbons (Fsp3) is 0.0952. The fourth-order valence-corrected chi connectivity index (χ4v) is 4.24. The van der Waals surface area contributed by atoms with Gasteiger partial charge in [-0.3, -0.25) is 9.59 Å². The Hall–Kier alpha value is -3.03. The molecule has 0 unspecified atom stereocenters. The van der Waals surface area contributed by atoms with Crippen LogP contribution in [0.2, 0.25) is 5.02 Å². The van der Waals surface area contributed by atoms with Crippen molar-refractivity contribution in [2.24, 2.45) is 4.99 Å². The van der Waals surface area contributed by atoms with Crippen LogP contribution in [-0.4, -0.2) is 26.7 Å². The van der Waals surface area contributed by atoms with E-state index in [9.17, 15) is 14.7 Å². The molecule has 3 aromatic rings. The van der Waals surface area contributed by atoms with Crippen LogP contribution in [0.4, 0.5) is 5.69 Å². The van der Waals surface area contributed by atoms with E-state index in [1.165, 1.54) is 11.8 Å². The predicted octanol–water partition coefficient (Wildman–Crippen LogP) is 4.58. The molecule has 1 aliphatic rings. The second-order valence-electron chi connectivity index (χ2n) is 6.43. The number of carboxylic acids is 1. The zero-order chi connectivity index (χ0) is 20.5. The highest BCUT2D eigenvalue weighted by molar-refractivity contribution is 8.18. The number of aliphatic carboxylic acids is 1. The van der Waals surface area contributed by atoms with E-state index in [2.05, 4.69) is 10.3 Å². The minimum atomic E-state index is -0.921. The van der Waals surface area contributed by atoms with Gasteiger partial charge in [0.2, 0.25) is 0 Å². The molecule has 0 spiro atoms. The number of carbonyl (C=O) groups excluding carboxylic acids is 1. The number of thioether (sulfide) groups is 1. The summed E-state index contributed by atoms with van der Waals surface area (Å²) in [7, 11) is 0. The van der Waals surface area contributed by atoms with Gasteiger partial charge in [0.05, 0.1) is 15.6 Å². The quantitative estimate of drug-likeness (QED) is 0.599. The highest BCUT2D eigenvalue weighted by Crippen LogP contribution is 2.34. The first-order valence-corrected chi connectivity index (χ1v) is 9.97. The molecule has 29 heavy (non-hydrogen) atoms. The van der Waals surface area contributed by atoms with Crippen LogP contribution in [0.15, 0.2) is 58.4 Å². The molecule has 0 radical (unpaired) electrons. The van der Waals surface area contributed by atoms with E-state index >= 15 is 0 Å². The number of hydrogen-bond acceptors (Lipinski definition) is 4. The number of rotatable bonds is 4. The molecule has 1 aromatic heterocycles. The zero-order valence-electron chi connectivity index (χ0n) is 15.3. The summed E-state index contributed by atoms with van der Waals surface area (Å²) in [5.74, 6) is -1.18. The van der Waals surface area contributed by atoms with Crippen molar-refractivity contribution in [2.45, 2.75) is 13.5 Å². The molecule has 146 valence electrons. The molecule has 1 amide bonds. The molecule has 4 rings (SSSR count). The molecule has 6 nitrogen and oxygen atoms in total. The lowest BCUT2D eigenvalue weighted by Gasteiger charge is -2.04. The summed E-state index contributed by atoms with van der Waals surface area (Å²) < 4.78 is 1.74. The number of aliphatic imine (C=N–C) groups is 1. The van der Waals surface area contributed by atoms with Crippen molar-refractivity contribution in [1.82, 2.24) is 9.88 Å². The zero-order valence-corrected chi connectivity index (χ0v) is 16.9. The van der Waals surface area contributed by atoms with Crippen LogP contribution in [-0.2, 0) is 16.1 Å². The van der Waals surface area contributed by atoms with Crippen LogP contribution < -0.4 is 5.32 Å². The summed E-state index contributed by atoms with van der Waals surface area (Å²) in [6.45, 7) is 1.71. The van der Waals surface area contributed by atoms with E-state index in [0.717, 1.165) is 22.2 Å². The molecular formula is C21H16ClN3O3S. The summed E-state index contributed by atoms with van der Waals surface area (Å²) in [6.07, 6.45) is 1.78. The van der Waals surface area contributed by atoms with Crippen molar-refractivity contribution in [3.05, 3.63) is 69.7 Å². The number of amidine groups is 1. The van der Waals surface area contributed by atoms with Crippen molar-refractivity contribution >= 4 is 63.1 Å². The Kier molecular flexibility index (Phi) is 5.17. The Labute approximate surface area is 175 Å². The van der Waals surface area contributed by atoms with Crippen molar-refractivity contribution in [1.29, 1.82) is 0 Å². The number of aromatic nitrogens is 1. The van der Waals surface area contributed by atoms with Gasteiger partial charge in [-0.05, 0) is 43.0 Å². The first-order chi connectivity index (χ1) is 13.9. The van der Waals surface area contributed by atoms with Gasteiger partial charge < -0.3 is 15.0 Å². The number of nitrogens with one attached hydrogen (secondary N) is 1. The van der Waals surface area contributed by atoms with Gasteiger partial charge in [0.1, 0.15) is 6.54 Å². The van der Waals surface area contributed by atoms with Crippen molar-refractivity contribution in [2.75, 3.05) is 0 Å². The summed E-state index contributed by atoms with van der Waals surface area (Å²) in [4.78, 5) is 28.7. The van der Waals surface area contributed by atoms with Gasteiger partial charge in [0.15, 0.2) is 5.17 Å². The van der Waals surface area contributed by atoms with Crippen molar-refractivity contribution in [3.63, 3.8) is 0 Å². The topological polar surface area (TPSA) is 83.7 Å². The normalized spacial score (nSPS) is 16.7. The number of para-hydroxylation sites is 2. The minimum Gasteiger partial charge on any atom is -0.480 e. The van der Waals surface area contributed by atoms with Crippen molar-refractivity contribution < 1.29 is 14.7 Å². The first-order valence-electron chi connectivity index (χ1n) is 8.78. The molecular weight excluding hydrogens is 410 g/mol. The molecule has 0 saturated carbocycles. The van der Waals surface area contributed by atoms with Gasteiger partial charge in [-0.15, -0.1) is 0 Å². The van der Waals surface area contributed by atoms with Gasteiger partial charge in [0, 0.05) is 22.2 Å². The van der Waals surface area contributed by atoms with Crippen LogP contribution in [0.1, 0.15) is 11.3 Å². The van der Waals surface area contributed by atoms with E-state index in [1.54, 1.807) is 22.8 Å². The average molecular weight is 426 g/mol. The van der Waals surface area contributed by atoms with Crippen LogP contribution >= 0.6 is 23.4 Å². The number of benzene rings is 2.